The summed E-state index contributed by atoms with van der Waals surface area (Å²) in [6, 6.07) is 0.103. The first-order valence-corrected chi connectivity index (χ1v) is 8.50. The number of aromatic nitrogens is 2. The van der Waals surface area contributed by atoms with Crippen molar-refractivity contribution < 1.29 is 0 Å². The van der Waals surface area contributed by atoms with Crippen molar-refractivity contribution in [3.63, 3.8) is 0 Å². The lowest BCUT2D eigenvalue weighted by Gasteiger charge is -2.46. The summed E-state index contributed by atoms with van der Waals surface area (Å²) in [6.45, 7) is 15.0. The van der Waals surface area contributed by atoms with Crippen molar-refractivity contribution in [2.45, 2.75) is 72.0 Å². The largest absolute Gasteiger partial charge is 0.321 e. The van der Waals surface area contributed by atoms with Crippen LogP contribution >= 0.6 is 11.6 Å². The zero-order valence-corrected chi connectivity index (χ0v) is 15.1. The summed E-state index contributed by atoms with van der Waals surface area (Å²) in [7, 11) is 0. The molecule has 0 radical (unpaired) electrons. The van der Waals surface area contributed by atoms with E-state index in [2.05, 4.69) is 51.5 Å². The molecular weight excluding hydrogens is 284 g/mol. The standard InChI is InChI=1S/C16H31ClN4/c1-7-16(8-2,20(9-3)10-4)15(18)14-13(17)11-19-21(14)12(5)6/h11-12,15H,7-10,18H2,1-6H3. The zero-order chi connectivity index (χ0) is 16.2. The van der Waals surface area contributed by atoms with Crippen molar-refractivity contribution in [1.29, 1.82) is 0 Å². The summed E-state index contributed by atoms with van der Waals surface area (Å²) in [5, 5.41) is 5.09. The van der Waals surface area contributed by atoms with E-state index in [0.717, 1.165) is 31.6 Å². The molecule has 4 nitrogen and oxygen atoms in total. The molecule has 21 heavy (non-hydrogen) atoms. The average Bonchev–Trinajstić information content (AvgIpc) is 2.86. The molecule has 1 atom stereocenters. The van der Waals surface area contributed by atoms with Crippen LogP contribution in [0.2, 0.25) is 5.02 Å². The van der Waals surface area contributed by atoms with Gasteiger partial charge in [-0.15, -0.1) is 0 Å². The van der Waals surface area contributed by atoms with Gasteiger partial charge in [0.1, 0.15) is 0 Å². The molecule has 0 saturated carbocycles. The Labute approximate surface area is 134 Å². The van der Waals surface area contributed by atoms with E-state index in [1.165, 1.54) is 0 Å². The number of hydrogen-bond donors (Lipinski definition) is 1. The molecule has 0 aliphatic heterocycles. The van der Waals surface area contributed by atoms with Crippen LogP contribution in [0.5, 0.6) is 0 Å². The molecule has 1 heterocycles. The van der Waals surface area contributed by atoms with Gasteiger partial charge in [-0.2, -0.15) is 5.10 Å². The van der Waals surface area contributed by atoms with Gasteiger partial charge in [0.05, 0.1) is 23.0 Å². The van der Waals surface area contributed by atoms with E-state index in [1.807, 2.05) is 4.68 Å². The highest BCUT2D eigenvalue weighted by Crippen LogP contribution is 2.38. The van der Waals surface area contributed by atoms with E-state index in [4.69, 9.17) is 17.3 Å². The third-order valence-corrected chi connectivity index (χ3v) is 5.06. The first-order chi connectivity index (χ1) is 9.89. The number of nitrogens with two attached hydrogens (primary N) is 1. The number of rotatable bonds is 8. The summed E-state index contributed by atoms with van der Waals surface area (Å²) >= 11 is 6.41. The summed E-state index contributed by atoms with van der Waals surface area (Å²) in [6.07, 6.45) is 3.70. The molecule has 0 saturated heterocycles. The normalized spacial score (nSPS) is 14.2. The van der Waals surface area contributed by atoms with Crippen LogP contribution < -0.4 is 5.73 Å². The lowest BCUT2D eigenvalue weighted by atomic mass is 9.81. The van der Waals surface area contributed by atoms with Gasteiger partial charge in [-0.05, 0) is 39.8 Å². The monoisotopic (exact) mass is 314 g/mol. The highest BCUT2D eigenvalue weighted by atomic mass is 35.5. The Hall–Kier alpha value is -0.580. The molecule has 0 fully saturated rings. The van der Waals surface area contributed by atoms with Crippen LogP contribution in [0.25, 0.3) is 0 Å². The van der Waals surface area contributed by atoms with E-state index in [1.54, 1.807) is 6.20 Å². The maximum atomic E-state index is 6.74. The van der Waals surface area contributed by atoms with Crippen molar-refractivity contribution in [3.05, 3.63) is 16.9 Å². The van der Waals surface area contributed by atoms with Gasteiger partial charge in [-0.25, -0.2) is 0 Å². The van der Waals surface area contributed by atoms with Crippen LogP contribution in [0.15, 0.2) is 6.20 Å². The Morgan fingerprint density at radius 3 is 2.14 bits per heavy atom. The highest BCUT2D eigenvalue weighted by Gasteiger charge is 2.41. The number of hydrogen-bond acceptors (Lipinski definition) is 3. The third kappa shape index (κ3) is 3.27. The molecule has 0 aliphatic rings. The van der Waals surface area contributed by atoms with Crippen LogP contribution in [0, 0.1) is 0 Å². The first-order valence-electron chi connectivity index (χ1n) is 8.12. The lowest BCUT2D eigenvalue weighted by Crippen LogP contribution is -2.55. The molecule has 122 valence electrons. The second-order valence-electron chi connectivity index (χ2n) is 5.88. The van der Waals surface area contributed by atoms with Crippen LogP contribution in [0.1, 0.15) is 72.2 Å². The van der Waals surface area contributed by atoms with E-state index in [9.17, 15) is 0 Å². The molecule has 0 aromatic carbocycles. The smallest absolute Gasteiger partial charge is 0.0834 e. The van der Waals surface area contributed by atoms with Crippen molar-refractivity contribution in [1.82, 2.24) is 14.7 Å². The van der Waals surface area contributed by atoms with E-state index >= 15 is 0 Å². The van der Waals surface area contributed by atoms with Crippen LogP contribution in [-0.4, -0.2) is 33.3 Å². The Morgan fingerprint density at radius 2 is 1.76 bits per heavy atom. The zero-order valence-electron chi connectivity index (χ0n) is 14.4. The predicted octanol–water partition coefficient (Wildman–Crippen LogP) is 4.02. The number of likely N-dealkylation sites (N-methyl/N-ethyl adjacent to an activating group) is 1. The summed E-state index contributed by atoms with van der Waals surface area (Å²) in [5.41, 5.74) is 7.62. The fourth-order valence-electron chi connectivity index (χ4n) is 3.49. The van der Waals surface area contributed by atoms with Gasteiger partial charge in [0.2, 0.25) is 0 Å². The maximum absolute atomic E-state index is 6.74. The molecule has 0 aliphatic carbocycles. The van der Waals surface area contributed by atoms with Crippen molar-refractivity contribution in [3.8, 4) is 0 Å². The van der Waals surface area contributed by atoms with Gasteiger partial charge in [0.25, 0.3) is 0 Å². The molecule has 0 bridgehead atoms. The molecule has 1 aromatic heterocycles. The van der Waals surface area contributed by atoms with Gasteiger partial charge in [-0.1, -0.05) is 39.3 Å². The fourth-order valence-corrected chi connectivity index (χ4v) is 3.74. The van der Waals surface area contributed by atoms with Crippen molar-refractivity contribution >= 4 is 11.6 Å². The summed E-state index contributed by atoms with van der Waals surface area (Å²) in [5.74, 6) is 0. The van der Waals surface area contributed by atoms with Crippen molar-refractivity contribution in [2.75, 3.05) is 13.1 Å². The Bertz CT molecular complexity index is 433. The number of halogens is 1. The highest BCUT2D eigenvalue weighted by molar-refractivity contribution is 6.31. The summed E-state index contributed by atoms with van der Waals surface area (Å²) < 4.78 is 1.97. The number of nitrogens with zero attached hydrogens (tertiary/aromatic N) is 3. The Balaban J connectivity index is 3.36. The molecule has 1 rings (SSSR count). The minimum Gasteiger partial charge on any atom is -0.321 e. The first kappa shape index (κ1) is 18.5. The average molecular weight is 315 g/mol. The third-order valence-electron chi connectivity index (χ3n) is 4.77. The van der Waals surface area contributed by atoms with Gasteiger partial charge in [-0.3, -0.25) is 9.58 Å². The van der Waals surface area contributed by atoms with Crippen LogP contribution in [-0.2, 0) is 0 Å². The molecular formula is C16H31ClN4. The predicted molar refractivity (Wildman–Crippen MR) is 90.8 cm³/mol. The van der Waals surface area contributed by atoms with Gasteiger partial charge < -0.3 is 5.73 Å². The summed E-state index contributed by atoms with van der Waals surface area (Å²) in [4.78, 5) is 2.46. The molecule has 1 aromatic rings. The topological polar surface area (TPSA) is 47.1 Å². The molecule has 2 N–H and O–H groups in total. The SMILES string of the molecule is CCN(CC)C(CC)(CC)C(N)c1c(Cl)cnn1C(C)C. The van der Waals surface area contributed by atoms with Gasteiger partial charge in [0.15, 0.2) is 0 Å². The van der Waals surface area contributed by atoms with E-state index < -0.39 is 0 Å². The second-order valence-corrected chi connectivity index (χ2v) is 6.28. The molecule has 0 spiro atoms. The van der Waals surface area contributed by atoms with E-state index in [0.29, 0.717) is 5.02 Å². The van der Waals surface area contributed by atoms with Crippen LogP contribution in [0.3, 0.4) is 0 Å². The van der Waals surface area contributed by atoms with Crippen LogP contribution in [0.4, 0.5) is 0 Å². The Kier molecular flexibility index (Phi) is 6.70. The molecule has 1 unspecified atom stereocenters. The minimum absolute atomic E-state index is 0.0835. The Morgan fingerprint density at radius 1 is 1.24 bits per heavy atom. The molecule has 5 heteroatoms. The van der Waals surface area contributed by atoms with Gasteiger partial charge in [0, 0.05) is 11.6 Å². The quantitative estimate of drug-likeness (QED) is 0.788. The van der Waals surface area contributed by atoms with Crippen molar-refractivity contribution in [2.24, 2.45) is 5.73 Å². The van der Waals surface area contributed by atoms with E-state index in [-0.39, 0.29) is 17.6 Å². The van der Waals surface area contributed by atoms with Gasteiger partial charge >= 0.3 is 0 Å². The second kappa shape index (κ2) is 7.61. The minimum atomic E-state index is -0.148. The molecule has 0 amide bonds. The lowest BCUT2D eigenvalue weighted by molar-refractivity contribution is 0.0593. The maximum Gasteiger partial charge on any atom is 0.0834 e. The fraction of sp³-hybridized carbons (Fsp3) is 0.812.